The zero-order chi connectivity index (χ0) is 19.4. The van der Waals surface area contributed by atoms with Crippen LogP contribution in [0.25, 0.3) is 0 Å². The molecule has 1 unspecified atom stereocenters. The fourth-order valence-electron chi connectivity index (χ4n) is 2.34. The van der Waals surface area contributed by atoms with Gasteiger partial charge in [-0.25, -0.2) is 13.4 Å². The van der Waals surface area contributed by atoms with Crippen LogP contribution in [-0.2, 0) is 9.84 Å². The van der Waals surface area contributed by atoms with Crippen LogP contribution in [0.4, 0.5) is 0 Å². The van der Waals surface area contributed by atoms with Crippen molar-refractivity contribution in [1.82, 2.24) is 15.3 Å². The summed E-state index contributed by atoms with van der Waals surface area (Å²) in [7, 11) is -3.26. The molecule has 1 aliphatic rings. The molecule has 0 saturated heterocycles. The van der Waals surface area contributed by atoms with Crippen LogP contribution in [0.5, 0.6) is 11.6 Å². The van der Waals surface area contributed by atoms with E-state index >= 15 is 0 Å². The Bertz CT molecular complexity index is 954. The number of amides is 1. The lowest BCUT2D eigenvalue weighted by atomic mass is 10.2. The first-order chi connectivity index (χ1) is 12.8. The van der Waals surface area contributed by atoms with Crippen molar-refractivity contribution in [3.63, 3.8) is 0 Å². The van der Waals surface area contributed by atoms with E-state index in [1.165, 1.54) is 12.3 Å². The van der Waals surface area contributed by atoms with Crippen LogP contribution in [-0.4, -0.2) is 36.6 Å². The molecule has 1 aliphatic carbocycles. The predicted molar refractivity (Wildman–Crippen MR) is 101 cm³/mol. The van der Waals surface area contributed by atoms with Gasteiger partial charge in [-0.05, 0) is 31.9 Å². The highest BCUT2D eigenvalue weighted by molar-refractivity contribution is 7.93. The quantitative estimate of drug-likeness (QED) is 0.784. The Labute approximate surface area is 158 Å². The molecule has 1 aromatic carbocycles. The lowest BCUT2D eigenvalue weighted by molar-refractivity contribution is 0.0943. The Hall–Kier alpha value is -2.74. The van der Waals surface area contributed by atoms with Gasteiger partial charge in [0, 0.05) is 29.8 Å². The Balaban J connectivity index is 1.82. The number of carbonyl (C=O) groups is 1. The third kappa shape index (κ3) is 5.62. The monoisotopic (exact) mass is 387 g/mol. The molecule has 7 nitrogen and oxygen atoms in total. The summed E-state index contributed by atoms with van der Waals surface area (Å²) in [5.74, 6) is 1.31. The number of para-hydroxylation sites is 1. The van der Waals surface area contributed by atoms with Crippen LogP contribution >= 0.6 is 0 Å². The average Bonchev–Trinajstić information content (AvgIpc) is 3.45. The Kier molecular flexibility index (Phi) is 5.55. The largest absolute Gasteiger partial charge is 0.438 e. The van der Waals surface area contributed by atoms with Crippen LogP contribution < -0.4 is 10.1 Å². The minimum Gasteiger partial charge on any atom is -0.438 e. The maximum absolute atomic E-state index is 12.6. The fraction of sp³-hybridized carbons (Fsp3) is 0.316. The van der Waals surface area contributed by atoms with Gasteiger partial charge in [-0.3, -0.25) is 4.79 Å². The van der Waals surface area contributed by atoms with Gasteiger partial charge < -0.3 is 10.1 Å². The zero-order valence-corrected chi connectivity index (χ0v) is 15.9. The average molecular weight is 387 g/mol. The number of hydrogen-bond donors (Lipinski definition) is 1. The number of sulfone groups is 1. The molecule has 1 heterocycles. The first kappa shape index (κ1) is 19.0. The number of hydrogen-bond acceptors (Lipinski definition) is 6. The maximum atomic E-state index is 12.6. The standard InChI is InChI=1S/C19H21N3O4S/c1-13(10-11-27(2,24)25)21-18(23)16-12-20-17(14-8-9-14)22-19(16)26-15-6-4-3-5-7-15/h3-7,10-14H,8-9H2,1-2H3,(H,21,23). The van der Waals surface area contributed by atoms with E-state index in [-0.39, 0.29) is 11.4 Å². The molecule has 3 rings (SSSR count). The minimum atomic E-state index is -3.26. The van der Waals surface area contributed by atoms with E-state index in [0.717, 1.165) is 24.5 Å². The lowest BCUT2D eigenvalue weighted by Crippen LogP contribution is -2.31. The predicted octanol–water partition coefficient (Wildman–Crippen LogP) is 2.82. The van der Waals surface area contributed by atoms with Crippen molar-refractivity contribution in [3.05, 3.63) is 59.4 Å². The number of nitrogens with one attached hydrogen (secondary N) is 1. The van der Waals surface area contributed by atoms with E-state index in [4.69, 9.17) is 4.74 Å². The smallest absolute Gasteiger partial charge is 0.258 e. The number of rotatable bonds is 7. The molecule has 1 N–H and O–H groups in total. The number of carbonyl (C=O) groups excluding carboxylic acids is 1. The normalized spacial score (nSPS) is 15.5. The Morgan fingerprint density at radius 3 is 2.63 bits per heavy atom. The van der Waals surface area contributed by atoms with Gasteiger partial charge in [0.15, 0.2) is 9.84 Å². The van der Waals surface area contributed by atoms with Gasteiger partial charge >= 0.3 is 0 Å². The van der Waals surface area contributed by atoms with Crippen molar-refractivity contribution in [1.29, 1.82) is 0 Å². The van der Waals surface area contributed by atoms with Crippen molar-refractivity contribution < 1.29 is 17.9 Å². The van der Waals surface area contributed by atoms with E-state index in [2.05, 4.69) is 15.3 Å². The van der Waals surface area contributed by atoms with Gasteiger partial charge in [-0.1, -0.05) is 24.3 Å². The molecule has 8 heteroatoms. The number of ether oxygens (including phenoxy) is 1. The first-order valence-corrected chi connectivity index (χ1v) is 10.6. The summed E-state index contributed by atoms with van der Waals surface area (Å²) in [6.45, 7) is 1.68. The van der Waals surface area contributed by atoms with E-state index in [1.807, 2.05) is 18.2 Å². The number of aromatic nitrogens is 2. The fourth-order valence-corrected chi connectivity index (χ4v) is 2.87. The molecule has 1 fully saturated rings. The van der Waals surface area contributed by atoms with E-state index in [0.29, 0.717) is 17.5 Å². The molecule has 1 atom stereocenters. The second kappa shape index (κ2) is 7.87. The van der Waals surface area contributed by atoms with Crippen LogP contribution in [0.2, 0.25) is 0 Å². The topological polar surface area (TPSA) is 98.2 Å². The minimum absolute atomic E-state index is 0.190. The van der Waals surface area contributed by atoms with Gasteiger partial charge in [0.2, 0.25) is 5.88 Å². The second-order valence-corrected chi connectivity index (χ2v) is 8.49. The van der Waals surface area contributed by atoms with E-state index in [1.54, 1.807) is 19.1 Å². The number of nitrogens with zero attached hydrogens (tertiary/aromatic N) is 2. The molecule has 0 spiro atoms. The van der Waals surface area contributed by atoms with Crippen LogP contribution in [0.3, 0.4) is 0 Å². The molecule has 1 aromatic heterocycles. The number of benzene rings is 1. The van der Waals surface area contributed by atoms with Gasteiger partial charge in [0.25, 0.3) is 5.91 Å². The third-order valence-electron chi connectivity index (χ3n) is 3.89. The van der Waals surface area contributed by atoms with Crippen molar-refractivity contribution in [2.45, 2.75) is 31.7 Å². The summed E-state index contributed by atoms with van der Waals surface area (Å²) in [5, 5.41) is 3.77. The molecule has 1 saturated carbocycles. The second-order valence-electron chi connectivity index (χ2n) is 6.56. The summed E-state index contributed by atoms with van der Waals surface area (Å²) in [6.07, 6.45) is 6.02. The third-order valence-corrected chi connectivity index (χ3v) is 4.54. The zero-order valence-electron chi connectivity index (χ0n) is 15.1. The van der Waals surface area contributed by atoms with Gasteiger partial charge in [-0.2, -0.15) is 4.98 Å². The summed E-state index contributed by atoms with van der Waals surface area (Å²) < 4.78 is 28.3. The van der Waals surface area contributed by atoms with Crippen molar-refractivity contribution in [2.75, 3.05) is 6.26 Å². The maximum Gasteiger partial charge on any atom is 0.258 e. The van der Waals surface area contributed by atoms with E-state index < -0.39 is 21.8 Å². The molecule has 0 radical (unpaired) electrons. The highest BCUT2D eigenvalue weighted by atomic mass is 32.2. The molecular weight excluding hydrogens is 366 g/mol. The van der Waals surface area contributed by atoms with Crippen molar-refractivity contribution in [2.24, 2.45) is 0 Å². The molecule has 2 aromatic rings. The first-order valence-electron chi connectivity index (χ1n) is 8.61. The Morgan fingerprint density at radius 1 is 1.30 bits per heavy atom. The van der Waals surface area contributed by atoms with E-state index in [9.17, 15) is 13.2 Å². The van der Waals surface area contributed by atoms with Crippen LogP contribution in [0, 0.1) is 0 Å². The summed E-state index contributed by atoms with van der Waals surface area (Å²) >= 11 is 0. The summed E-state index contributed by atoms with van der Waals surface area (Å²) in [4.78, 5) is 21.4. The molecule has 0 bridgehead atoms. The molecule has 142 valence electrons. The molecule has 0 aliphatic heterocycles. The highest BCUT2D eigenvalue weighted by Gasteiger charge is 2.28. The Morgan fingerprint density at radius 2 is 2.00 bits per heavy atom. The van der Waals surface area contributed by atoms with Crippen molar-refractivity contribution >= 4 is 15.7 Å². The summed E-state index contributed by atoms with van der Waals surface area (Å²) in [6, 6.07) is 8.59. The van der Waals surface area contributed by atoms with Crippen LogP contribution in [0.1, 0.15) is 41.9 Å². The molecule has 27 heavy (non-hydrogen) atoms. The summed E-state index contributed by atoms with van der Waals surface area (Å²) in [5.41, 5.74) is 0.197. The van der Waals surface area contributed by atoms with Gasteiger partial charge in [-0.15, -0.1) is 0 Å². The molecule has 1 amide bonds. The highest BCUT2D eigenvalue weighted by Crippen LogP contribution is 2.39. The van der Waals surface area contributed by atoms with Crippen LogP contribution in [0.15, 0.2) is 48.0 Å². The van der Waals surface area contributed by atoms with Crippen molar-refractivity contribution in [3.8, 4) is 11.6 Å². The van der Waals surface area contributed by atoms with Gasteiger partial charge in [0.1, 0.15) is 17.1 Å². The SMILES string of the molecule is CC(C=CS(C)(=O)=O)NC(=O)c1cnc(C2CC2)nc1Oc1ccccc1. The molecular formula is C19H21N3O4S. The lowest BCUT2D eigenvalue weighted by Gasteiger charge is -2.13. The van der Waals surface area contributed by atoms with Gasteiger partial charge in [0.05, 0.1) is 0 Å².